The first-order valence-electron chi connectivity index (χ1n) is 4.66. The van der Waals surface area contributed by atoms with Crippen molar-refractivity contribution in [2.75, 3.05) is 7.05 Å². The van der Waals surface area contributed by atoms with E-state index < -0.39 is 0 Å². The SMILES string of the molecule is CC(=O)N(C)[C@H](c1ncco1)C(C)C. The molecule has 78 valence electrons. The van der Waals surface area contributed by atoms with Gasteiger partial charge >= 0.3 is 0 Å². The Kier molecular flexibility index (Phi) is 3.28. The van der Waals surface area contributed by atoms with Crippen LogP contribution in [0.4, 0.5) is 0 Å². The number of oxazole rings is 1. The van der Waals surface area contributed by atoms with Crippen molar-refractivity contribution in [3.8, 4) is 0 Å². The molecule has 1 amide bonds. The van der Waals surface area contributed by atoms with Gasteiger partial charge in [-0.25, -0.2) is 4.98 Å². The Morgan fingerprint density at radius 2 is 2.21 bits per heavy atom. The van der Waals surface area contributed by atoms with Crippen molar-refractivity contribution >= 4 is 5.91 Å². The summed E-state index contributed by atoms with van der Waals surface area (Å²) >= 11 is 0. The number of amides is 1. The summed E-state index contributed by atoms with van der Waals surface area (Å²) in [6.07, 6.45) is 3.12. The summed E-state index contributed by atoms with van der Waals surface area (Å²) in [5, 5.41) is 0. The third kappa shape index (κ3) is 2.13. The summed E-state index contributed by atoms with van der Waals surface area (Å²) in [4.78, 5) is 17.0. The Balaban J connectivity index is 2.91. The van der Waals surface area contributed by atoms with Crippen LogP contribution in [0.15, 0.2) is 16.9 Å². The molecule has 0 aromatic carbocycles. The first kappa shape index (κ1) is 10.8. The molecular weight excluding hydrogens is 180 g/mol. The molecule has 4 nitrogen and oxygen atoms in total. The van der Waals surface area contributed by atoms with Gasteiger partial charge in [-0.05, 0) is 5.92 Å². The molecule has 0 saturated heterocycles. The monoisotopic (exact) mass is 196 g/mol. The highest BCUT2D eigenvalue weighted by Gasteiger charge is 2.26. The molecule has 0 radical (unpaired) electrons. The first-order chi connectivity index (χ1) is 6.54. The predicted octanol–water partition coefficient (Wildman–Crippen LogP) is 1.85. The van der Waals surface area contributed by atoms with Gasteiger partial charge in [0.2, 0.25) is 11.8 Å². The van der Waals surface area contributed by atoms with Gasteiger partial charge in [-0.2, -0.15) is 0 Å². The molecule has 1 aromatic heterocycles. The summed E-state index contributed by atoms with van der Waals surface area (Å²) < 4.78 is 5.22. The molecule has 1 heterocycles. The van der Waals surface area contributed by atoms with E-state index in [2.05, 4.69) is 4.98 Å². The highest BCUT2D eigenvalue weighted by atomic mass is 16.3. The quantitative estimate of drug-likeness (QED) is 0.741. The van der Waals surface area contributed by atoms with Crippen molar-refractivity contribution in [2.24, 2.45) is 5.92 Å². The van der Waals surface area contributed by atoms with Crippen molar-refractivity contribution in [2.45, 2.75) is 26.8 Å². The van der Waals surface area contributed by atoms with Gasteiger partial charge in [0.25, 0.3) is 0 Å². The summed E-state index contributed by atoms with van der Waals surface area (Å²) in [5.74, 6) is 0.891. The number of rotatable bonds is 3. The zero-order valence-electron chi connectivity index (χ0n) is 9.02. The van der Waals surface area contributed by atoms with Gasteiger partial charge in [-0.1, -0.05) is 13.8 Å². The summed E-state index contributed by atoms with van der Waals surface area (Å²) in [6, 6.07) is -0.0810. The van der Waals surface area contributed by atoms with Crippen LogP contribution >= 0.6 is 0 Å². The number of carbonyl (C=O) groups excluding carboxylic acids is 1. The molecule has 0 aliphatic rings. The number of nitrogens with zero attached hydrogens (tertiary/aromatic N) is 2. The lowest BCUT2D eigenvalue weighted by Crippen LogP contribution is -2.32. The Labute approximate surface area is 83.9 Å². The van der Waals surface area contributed by atoms with Crippen molar-refractivity contribution < 1.29 is 9.21 Å². The third-order valence-corrected chi connectivity index (χ3v) is 2.25. The minimum atomic E-state index is -0.0810. The summed E-state index contributed by atoms with van der Waals surface area (Å²) in [7, 11) is 1.76. The lowest BCUT2D eigenvalue weighted by atomic mass is 10.0. The Bertz CT molecular complexity index is 293. The van der Waals surface area contributed by atoms with E-state index in [4.69, 9.17) is 4.42 Å². The molecule has 0 fully saturated rings. The molecule has 14 heavy (non-hydrogen) atoms. The average Bonchev–Trinajstić information content (AvgIpc) is 2.56. The van der Waals surface area contributed by atoms with Crippen LogP contribution in [-0.4, -0.2) is 22.8 Å². The van der Waals surface area contributed by atoms with Crippen LogP contribution in [-0.2, 0) is 4.79 Å². The standard InChI is InChI=1S/C10H16N2O2/c1-7(2)9(12(4)8(3)13)10-11-5-6-14-10/h5-7,9H,1-4H3/t9-/m0/s1. The maximum atomic E-state index is 11.2. The van der Waals surface area contributed by atoms with Crippen LogP contribution in [0.3, 0.4) is 0 Å². The highest BCUT2D eigenvalue weighted by Crippen LogP contribution is 2.25. The van der Waals surface area contributed by atoms with E-state index in [-0.39, 0.29) is 17.9 Å². The van der Waals surface area contributed by atoms with Gasteiger partial charge in [0.05, 0.1) is 6.20 Å². The molecule has 0 aliphatic carbocycles. The number of aromatic nitrogens is 1. The zero-order chi connectivity index (χ0) is 10.7. The van der Waals surface area contributed by atoms with E-state index in [0.717, 1.165) is 0 Å². The van der Waals surface area contributed by atoms with Gasteiger partial charge in [0, 0.05) is 14.0 Å². The van der Waals surface area contributed by atoms with Gasteiger partial charge in [0.1, 0.15) is 12.3 Å². The van der Waals surface area contributed by atoms with E-state index in [1.165, 1.54) is 6.26 Å². The Morgan fingerprint density at radius 1 is 1.57 bits per heavy atom. The normalized spacial score (nSPS) is 12.9. The maximum Gasteiger partial charge on any atom is 0.219 e. The number of hydrogen-bond acceptors (Lipinski definition) is 3. The molecule has 4 heteroatoms. The van der Waals surface area contributed by atoms with Crippen LogP contribution < -0.4 is 0 Å². The second kappa shape index (κ2) is 4.26. The van der Waals surface area contributed by atoms with Gasteiger partial charge in [-0.15, -0.1) is 0 Å². The zero-order valence-corrected chi connectivity index (χ0v) is 9.02. The number of carbonyl (C=O) groups is 1. The molecule has 0 spiro atoms. The fourth-order valence-corrected chi connectivity index (χ4v) is 1.47. The van der Waals surface area contributed by atoms with Crippen molar-refractivity contribution in [3.63, 3.8) is 0 Å². The van der Waals surface area contributed by atoms with Gasteiger partial charge in [0.15, 0.2) is 0 Å². The molecular formula is C10H16N2O2. The smallest absolute Gasteiger partial charge is 0.219 e. The Morgan fingerprint density at radius 3 is 2.57 bits per heavy atom. The van der Waals surface area contributed by atoms with Crippen LogP contribution in [0, 0.1) is 5.92 Å². The van der Waals surface area contributed by atoms with Crippen LogP contribution in [0.5, 0.6) is 0 Å². The van der Waals surface area contributed by atoms with Crippen molar-refractivity contribution in [1.82, 2.24) is 9.88 Å². The lowest BCUT2D eigenvalue weighted by Gasteiger charge is -2.27. The molecule has 0 N–H and O–H groups in total. The van der Waals surface area contributed by atoms with E-state index in [0.29, 0.717) is 5.89 Å². The second-order valence-electron chi connectivity index (χ2n) is 3.69. The van der Waals surface area contributed by atoms with Crippen molar-refractivity contribution in [1.29, 1.82) is 0 Å². The minimum Gasteiger partial charge on any atom is -0.447 e. The lowest BCUT2D eigenvalue weighted by molar-refractivity contribution is -0.131. The maximum absolute atomic E-state index is 11.2. The molecule has 1 rings (SSSR count). The molecule has 0 unspecified atom stereocenters. The van der Waals surface area contributed by atoms with Crippen LogP contribution in [0.25, 0.3) is 0 Å². The summed E-state index contributed by atoms with van der Waals surface area (Å²) in [5.41, 5.74) is 0. The predicted molar refractivity (Wildman–Crippen MR) is 52.5 cm³/mol. The molecule has 1 aromatic rings. The average molecular weight is 196 g/mol. The van der Waals surface area contributed by atoms with Crippen molar-refractivity contribution in [3.05, 3.63) is 18.4 Å². The molecule has 0 bridgehead atoms. The molecule has 1 atom stereocenters. The molecule has 0 aliphatic heterocycles. The molecule has 0 saturated carbocycles. The van der Waals surface area contributed by atoms with Gasteiger partial charge < -0.3 is 9.32 Å². The van der Waals surface area contributed by atoms with E-state index in [1.54, 1.807) is 25.1 Å². The minimum absolute atomic E-state index is 0.0156. The number of hydrogen-bond donors (Lipinski definition) is 0. The fraction of sp³-hybridized carbons (Fsp3) is 0.600. The largest absolute Gasteiger partial charge is 0.447 e. The topological polar surface area (TPSA) is 46.3 Å². The van der Waals surface area contributed by atoms with Crippen LogP contribution in [0.2, 0.25) is 0 Å². The second-order valence-corrected chi connectivity index (χ2v) is 3.69. The van der Waals surface area contributed by atoms with Crippen LogP contribution in [0.1, 0.15) is 32.7 Å². The summed E-state index contributed by atoms with van der Waals surface area (Å²) in [6.45, 7) is 5.61. The van der Waals surface area contributed by atoms with E-state index in [9.17, 15) is 4.79 Å². The first-order valence-corrected chi connectivity index (χ1v) is 4.66. The fourth-order valence-electron chi connectivity index (χ4n) is 1.47. The highest BCUT2D eigenvalue weighted by molar-refractivity contribution is 5.73. The third-order valence-electron chi connectivity index (χ3n) is 2.25. The van der Waals surface area contributed by atoms with E-state index in [1.807, 2.05) is 13.8 Å². The van der Waals surface area contributed by atoms with Gasteiger partial charge in [-0.3, -0.25) is 4.79 Å². The Hall–Kier alpha value is -1.32. The van der Waals surface area contributed by atoms with E-state index >= 15 is 0 Å².